The number of thioether (sulfide) groups is 1. The number of para-hydroxylation sites is 1. The van der Waals surface area contributed by atoms with E-state index in [1.54, 1.807) is 23.9 Å². The van der Waals surface area contributed by atoms with Gasteiger partial charge in [0.2, 0.25) is 0 Å². The van der Waals surface area contributed by atoms with Crippen LogP contribution in [-0.2, 0) is 4.74 Å². The number of benzene rings is 2. The molecular formula is C18H20O3S. The smallest absolute Gasteiger partial charge is 0.341 e. The second-order valence-corrected chi connectivity index (χ2v) is 5.70. The van der Waals surface area contributed by atoms with E-state index >= 15 is 0 Å². The average Bonchev–Trinajstić information content (AvgIpc) is 2.56. The van der Waals surface area contributed by atoms with Crippen molar-refractivity contribution in [3.63, 3.8) is 0 Å². The Hall–Kier alpha value is -1.94. The first kappa shape index (κ1) is 16.4. The Morgan fingerprint density at radius 2 is 1.77 bits per heavy atom. The van der Waals surface area contributed by atoms with E-state index in [1.165, 1.54) is 0 Å². The Morgan fingerprint density at radius 3 is 2.55 bits per heavy atom. The molecule has 0 amide bonds. The summed E-state index contributed by atoms with van der Waals surface area (Å²) >= 11 is 1.58. The van der Waals surface area contributed by atoms with Crippen LogP contribution in [-0.4, -0.2) is 18.5 Å². The maximum absolute atomic E-state index is 12.1. The molecule has 3 nitrogen and oxygen atoms in total. The minimum Gasteiger partial charge on any atom is -0.482 e. The molecule has 0 aliphatic rings. The number of carbonyl (C=O) groups is 1. The van der Waals surface area contributed by atoms with E-state index in [0.29, 0.717) is 23.9 Å². The van der Waals surface area contributed by atoms with Crippen LogP contribution in [0.15, 0.2) is 59.5 Å². The minimum absolute atomic E-state index is 0.325. The van der Waals surface area contributed by atoms with Crippen LogP contribution in [0.5, 0.6) is 5.75 Å². The number of carbonyl (C=O) groups excluding carboxylic acids is 1. The van der Waals surface area contributed by atoms with Gasteiger partial charge in [-0.1, -0.05) is 55.4 Å². The van der Waals surface area contributed by atoms with Gasteiger partial charge >= 0.3 is 5.97 Å². The summed E-state index contributed by atoms with van der Waals surface area (Å²) in [5.74, 6) is 0.685. The van der Waals surface area contributed by atoms with Gasteiger partial charge in [-0.2, -0.15) is 0 Å². The van der Waals surface area contributed by atoms with Crippen molar-refractivity contribution in [2.45, 2.75) is 24.7 Å². The van der Waals surface area contributed by atoms with E-state index in [9.17, 15) is 4.79 Å². The molecule has 0 saturated carbocycles. The molecule has 116 valence electrons. The van der Waals surface area contributed by atoms with Crippen LogP contribution in [0.2, 0.25) is 0 Å². The van der Waals surface area contributed by atoms with Crippen molar-refractivity contribution in [2.24, 2.45) is 0 Å². The van der Waals surface area contributed by atoms with E-state index in [-0.39, 0.29) is 5.97 Å². The lowest BCUT2D eigenvalue weighted by molar-refractivity contribution is 0.0496. The Morgan fingerprint density at radius 1 is 1.05 bits per heavy atom. The predicted octanol–water partition coefficient (Wildman–Crippen LogP) is 4.77. The molecule has 0 aliphatic carbocycles. The Kier molecular flexibility index (Phi) is 6.84. The van der Waals surface area contributed by atoms with E-state index in [0.717, 1.165) is 17.7 Å². The highest BCUT2D eigenvalue weighted by atomic mass is 32.2. The van der Waals surface area contributed by atoms with Crippen molar-refractivity contribution in [1.29, 1.82) is 0 Å². The Bertz CT molecular complexity index is 584. The summed E-state index contributed by atoms with van der Waals surface area (Å²) in [5, 5.41) is 0. The van der Waals surface area contributed by atoms with E-state index in [2.05, 4.69) is 6.92 Å². The maximum Gasteiger partial charge on any atom is 0.341 e. The fourth-order valence-corrected chi connectivity index (χ4v) is 2.50. The molecule has 2 aromatic carbocycles. The van der Waals surface area contributed by atoms with Gasteiger partial charge in [0.25, 0.3) is 0 Å². The van der Waals surface area contributed by atoms with Crippen molar-refractivity contribution < 1.29 is 14.3 Å². The monoisotopic (exact) mass is 316 g/mol. The van der Waals surface area contributed by atoms with Gasteiger partial charge in [0.05, 0.1) is 6.61 Å². The number of ether oxygens (including phenoxy) is 2. The summed E-state index contributed by atoms with van der Waals surface area (Å²) in [6.07, 6.45) is 1.87. The molecule has 0 bridgehead atoms. The molecular weight excluding hydrogens is 296 g/mol. The molecule has 0 aliphatic heterocycles. The first-order valence-electron chi connectivity index (χ1n) is 7.38. The summed E-state index contributed by atoms with van der Waals surface area (Å²) < 4.78 is 11.0. The van der Waals surface area contributed by atoms with Gasteiger partial charge in [-0.3, -0.25) is 0 Å². The van der Waals surface area contributed by atoms with E-state index < -0.39 is 0 Å². The molecule has 0 saturated heterocycles. The van der Waals surface area contributed by atoms with Gasteiger partial charge in [0.15, 0.2) is 0 Å². The zero-order valence-corrected chi connectivity index (χ0v) is 13.5. The number of unbranched alkanes of at least 4 members (excludes halogenated alkanes) is 1. The largest absolute Gasteiger partial charge is 0.482 e. The van der Waals surface area contributed by atoms with Crippen molar-refractivity contribution >= 4 is 17.7 Å². The van der Waals surface area contributed by atoms with Gasteiger partial charge in [0, 0.05) is 4.90 Å². The van der Waals surface area contributed by atoms with Gasteiger partial charge in [-0.05, 0) is 30.7 Å². The van der Waals surface area contributed by atoms with Crippen molar-refractivity contribution in [3.8, 4) is 5.75 Å². The molecule has 0 atom stereocenters. The lowest BCUT2D eigenvalue weighted by Crippen LogP contribution is -2.08. The number of rotatable bonds is 8. The fourth-order valence-electron chi connectivity index (χ4n) is 1.83. The molecule has 0 N–H and O–H groups in total. The quantitative estimate of drug-likeness (QED) is 0.304. The number of esters is 1. The number of hydrogen-bond acceptors (Lipinski definition) is 4. The van der Waals surface area contributed by atoms with Crippen LogP contribution in [0, 0.1) is 0 Å². The molecule has 2 aromatic rings. The van der Waals surface area contributed by atoms with Crippen LogP contribution in [0.25, 0.3) is 0 Å². The zero-order valence-electron chi connectivity index (χ0n) is 12.7. The standard InChI is InChI=1S/C18H20O3S/c1-2-3-13-20-18(19)16-11-7-8-12-17(16)21-14-22-15-9-5-4-6-10-15/h4-12H,2-3,13-14H2,1H3. The maximum atomic E-state index is 12.1. The fraction of sp³-hybridized carbons (Fsp3) is 0.278. The lowest BCUT2D eigenvalue weighted by atomic mass is 10.2. The highest BCUT2D eigenvalue weighted by Crippen LogP contribution is 2.23. The highest BCUT2D eigenvalue weighted by molar-refractivity contribution is 7.99. The van der Waals surface area contributed by atoms with Crippen LogP contribution < -0.4 is 4.74 Å². The average molecular weight is 316 g/mol. The third-order valence-electron chi connectivity index (χ3n) is 3.02. The first-order chi connectivity index (χ1) is 10.8. The van der Waals surface area contributed by atoms with Crippen LogP contribution >= 0.6 is 11.8 Å². The SMILES string of the molecule is CCCCOC(=O)c1ccccc1OCSc1ccccc1. The van der Waals surface area contributed by atoms with Crippen LogP contribution in [0.4, 0.5) is 0 Å². The highest BCUT2D eigenvalue weighted by Gasteiger charge is 2.13. The van der Waals surface area contributed by atoms with Crippen LogP contribution in [0.1, 0.15) is 30.1 Å². The summed E-state index contributed by atoms with van der Waals surface area (Å²) in [6, 6.07) is 17.2. The molecule has 22 heavy (non-hydrogen) atoms. The predicted molar refractivity (Wildman–Crippen MR) is 89.4 cm³/mol. The first-order valence-corrected chi connectivity index (χ1v) is 8.36. The summed E-state index contributed by atoms with van der Waals surface area (Å²) in [6.45, 7) is 2.51. The number of hydrogen-bond donors (Lipinski definition) is 0. The second-order valence-electron chi connectivity index (χ2n) is 4.71. The van der Waals surface area contributed by atoms with Crippen molar-refractivity contribution in [1.82, 2.24) is 0 Å². The van der Waals surface area contributed by atoms with E-state index in [1.807, 2.05) is 42.5 Å². The Labute approximate surface area is 135 Å². The molecule has 0 aromatic heterocycles. The summed E-state index contributed by atoms with van der Waals surface area (Å²) in [7, 11) is 0. The molecule has 0 heterocycles. The zero-order chi connectivity index (χ0) is 15.6. The van der Waals surface area contributed by atoms with E-state index in [4.69, 9.17) is 9.47 Å². The topological polar surface area (TPSA) is 35.5 Å². The van der Waals surface area contributed by atoms with Crippen LogP contribution in [0.3, 0.4) is 0 Å². The third kappa shape index (κ3) is 5.11. The van der Waals surface area contributed by atoms with Gasteiger partial charge in [-0.25, -0.2) is 4.79 Å². The Balaban J connectivity index is 1.92. The molecule has 0 fully saturated rings. The normalized spacial score (nSPS) is 10.2. The van der Waals surface area contributed by atoms with Crippen molar-refractivity contribution in [3.05, 3.63) is 60.2 Å². The molecule has 0 spiro atoms. The molecule has 0 radical (unpaired) electrons. The van der Waals surface area contributed by atoms with Crippen molar-refractivity contribution in [2.75, 3.05) is 12.5 Å². The van der Waals surface area contributed by atoms with Gasteiger partial charge in [0.1, 0.15) is 17.3 Å². The minimum atomic E-state index is -0.325. The third-order valence-corrected chi connectivity index (χ3v) is 3.86. The molecule has 2 rings (SSSR count). The second kappa shape index (κ2) is 9.15. The van der Waals surface area contributed by atoms with Gasteiger partial charge in [-0.15, -0.1) is 0 Å². The summed E-state index contributed by atoms with van der Waals surface area (Å²) in [4.78, 5) is 13.2. The lowest BCUT2D eigenvalue weighted by Gasteiger charge is -2.11. The molecule has 0 unspecified atom stereocenters. The molecule has 4 heteroatoms. The van der Waals surface area contributed by atoms with Gasteiger partial charge < -0.3 is 9.47 Å². The summed E-state index contributed by atoms with van der Waals surface area (Å²) in [5.41, 5.74) is 0.479.